The van der Waals surface area contributed by atoms with Crippen molar-refractivity contribution in [3.05, 3.63) is 28.8 Å². The number of Topliss-reactive ketones (excluding diaryl/α,β-unsaturated/α-hetero) is 3. The average molecular weight is 290 g/mol. The topological polar surface area (TPSA) is 89.9 Å². The van der Waals surface area contributed by atoms with Gasteiger partial charge in [0, 0.05) is 6.42 Å². The number of carbonyl (C=O) groups excluding carboxylic acids is 3. The number of hydrogen-bond acceptors (Lipinski definition) is 6. The van der Waals surface area contributed by atoms with Crippen molar-refractivity contribution >= 4 is 23.1 Å². The quantitative estimate of drug-likeness (QED) is 0.849. The molecule has 0 fully saturated rings. The molecule has 0 saturated heterocycles. The Bertz CT molecular complexity index is 684. The molecule has 0 bridgehead atoms. The first-order valence-corrected chi connectivity index (χ1v) is 6.18. The van der Waals surface area contributed by atoms with Gasteiger partial charge in [0.25, 0.3) is 0 Å². The van der Waals surface area contributed by atoms with Crippen molar-refractivity contribution in [2.24, 2.45) is 0 Å². The van der Waals surface area contributed by atoms with Gasteiger partial charge < -0.3 is 14.6 Å². The Morgan fingerprint density at radius 2 is 1.57 bits per heavy atom. The van der Waals surface area contributed by atoms with Gasteiger partial charge in [-0.15, -0.1) is 0 Å². The van der Waals surface area contributed by atoms with E-state index in [1.165, 1.54) is 33.3 Å². The standard InChI is InChI=1S/C15H14O6/c1-7(16)6-8-13(17)11-9(20-2)4-5-10(21-3)12(11)15(19)14(8)18/h4-5,17H,6H2,1-3H3. The van der Waals surface area contributed by atoms with E-state index in [0.717, 1.165) is 0 Å². The lowest BCUT2D eigenvalue weighted by atomic mass is 9.85. The zero-order valence-electron chi connectivity index (χ0n) is 11.9. The van der Waals surface area contributed by atoms with Crippen molar-refractivity contribution in [2.45, 2.75) is 13.3 Å². The molecule has 0 spiro atoms. The molecule has 0 amide bonds. The van der Waals surface area contributed by atoms with Crippen LogP contribution in [-0.2, 0) is 9.59 Å². The Labute approximate surface area is 121 Å². The van der Waals surface area contributed by atoms with Crippen molar-refractivity contribution in [1.82, 2.24) is 0 Å². The summed E-state index contributed by atoms with van der Waals surface area (Å²) in [5.74, 6) is -2.08. The second kappa shape index (κ2) is 5.40. The van der Waals surface area contributed by atoms with E-state index >= 15 is 0 Å². The predicted molar refractivity (Wildman–Crippen MR) is 73.7 cm³/mol. The number of benzene rings is 1. The number of hydrogen-bond donors (Lipinski definition) is 1. The van der Waals surface area contributed by atoms with Crippen molar-refractivity contribution in [3.63, 3.8) is 0 Å². The summed E-state index contributed by atoms with van der Waals surface area (Å²) in [4.78, 5) is 35.6. The van der Waals surface area contributed by atoms with Gasteiger partial charge in [-0.05, 0) is 19.1 Å². The van der Waals surface area contributed by atoms with Crippen molar-refractivity contribution in [1.29, 1.82) is 0 Å². The molecule has 0 aromatic heterocycles. The number of carbonyl (C=O) groups is 3. The molecule has 0 aliphatic heterocycles. The first kappa shape index (κ1) is 14.8. The normalized spacial score (nSPS) is 14.0. The third-order valence-corrected chi connectivity index (χ3v) is 3.22. The number of aliphatic hydroxyl groups excluding tert-OH is 1. The second-order valence-electron chi connectivity index (χ2n) is 4.58. The van der Waals surface area contributed by atoms with Crippen LogP contribution < -0.4 is 9.47 Å². The smallest absolute Gasteiger partial charge is 0.237 e. The van der Waals surface area contributed by atoms with E-state index in [-0.39, 0.29) is 40.4 Å². The van der Waals surface area contributed by atoms with E-state index < -0.39 is 17.3 Å². The first-order chi connectivity index (χ1) is 9.92. The summed E-state index contributed by atoms with van der Waals surface area (Å²) in [5, 5.41) is 10.3. The summed E-state index contributed by atoms with van der Waals surface area (Å²) in [5.41, 5.74) is -0.184. The molecule has 6 heteroatoms. The van der Waals surface area contributed by atoms with Gasteiger partial charge in [0.05, 0.1) is 30.9 Å². The molecule has 1 N–H and O–H groups in total. The molecule has 1 aliphatic rings. The minimum atomic E-state index is -0.901. The molecule has 110 valence electrons. The van der Waals surface area contributed by atoms with Crippen LogP contribution in [0.4, 0.5) is 0 Å². The Balaban J connectivity index is 2.80. The SMILES string of the molecule is COc1ccc(OC)c2c1C(=O)C(=O)C(CC(C)=O)=C2O. The molecule has 21 heavy (non-hydrogen) atoms. The van der Waals surface area contributed by atoms with Crippen LogP contribution in [0.5, 0.6) is 11.5 Å². The van der Waals surface area contributed by atoms with Gasteiger partial charge in [0.15, 0.2) is 0 Å². The molecular weight excluding hydrogens is 276 g/mol. The summed E-state index contributed by atoms with van der Waals surface area (Å²) in [6, 6.07) is 2.99. The second-order valence-corrected chi connectivity index (χ2v) is 4.58. The zero-order chi connectivity index (χ0) is 15.7. The first-order valence-electron chi connectivity index (χ1n) is 6.18. The summed E-state index contributed by atoms with van der Waals surface area (Å²) in [6.07, 6.45) is -0.309. The van der Waals surface area contributed by atoms with Crippen LogP contribution in [0.3, 0.4) is 0 Å². The molecule has 0 saturated carbocycles. The lowest BCUT2D eigenvalue weighted by molar-refractivity contribution is -0.118. The Morgan fingerprint density at radius 3 is 2.05 bits per heavy atom. The molecule has 0 atom stereocenters. The third kappa shape index (κ3) is 2.29. The van der Waals surface area contributed by atoms with Crippen molar-refractivity contribution < 1.29 is 29.0 Å². The third-order valence-electron chi connectivity index (χ3n) is 3.22. The number of allylic oxidation sites excluding steroid dienone is 1. The molecular formula is C15H14O6. The number of fused-ring (bicyclic) bond motifs is 1. The molecule has 1 aromatic rings. The highest BCUT2D eigenvalue weighted by molar-refractivity contribution is 6.53. The summed E-state index contributed by atoms with van der Waals surface area (Å²) < 4.78 is 10.2. The molecule has 0 unspecified atom stereocenters. The van der Waals surface area contributed by atoms with Gasteiger partial charge >= 0.3 is 0 Å². The summed E-state index contributed by atoms with van der Waals surface area (Å²) >= 11 is 0. The number of ketones is 3. The van der Waals surface area contributed by atoms with Gasteiger partial charge in [-0.2, -0.15) is 0 Å². The van der Waals surface area contributed by atoms with Crippen LogP contribution in [0.15, 0.2) is 17.7 Å². The average Bonchev–Trinajstić information content (AvgIpc) is 2.47. The van der Waals surface area contributed by atoms with Gasteiger partial charge in [0.1, 0.15) is 23.0 Å². The van der Waals surface area contributed by atoms with Crippen LogP contribution in [0, 0.1) is 0 Å². The molecule has 0 heterocycles. The van der Waals surface area contributed by atoms with Crippen LogP contribution in [0.2, 0.25) is 0 Å². The van der Waals surface area contributed by atoms with Gasteiger partial charge in [-0.25, -0.2) is 0 Å². The zero-order valence-corrected chi connectivity index (χ0v) is 11.9. The summed E-state index contributed by atoms with van der Waals surface area (Å²) in [7, 11) is 2.73. The number of ether oxygens (including phenoxy) is 2. The molecule has 1 aliphatic carbocycles. The molecule has 6 nitrogen and oxygen atoms in total. The van der Waals surface area contributed by atoms with E-state index in [0.29, 0.717) is 0 Å². The van der Waals surface area contributed by atoms with Gasteiger partial charge in [0.2, 0.25) is 11.6 Å². The van der Waals surface area contributed by atoms with Crippen LogP contribution in [0.25, 0.3) is 5.76 Å². The van der Waals surface area contributed by atoms with Crippen LogP contribution >= 0.6 is 0 Å². The Hall–Kier alpha value is -2.63. The Kier molecular flexibility index (Phi) is 3.80. The largest absolute Gasteiger partial charge is 0.507 e. The molecule has 0 radical (unpaired) electrons. The number of aliphatic hydroxyl groups is 1. The van der Waals surface area contributed by atoms with E-state index in [1.807, 2.05) is 0 Å². The fourth-order valence-corrected chi connectivity index (χ4v) is 2.29. The van der Waals surface area contributed by atoms with E-state index in [1.54, 1.807) is 0 Å². The highest BCUT2D eigenvalue weighted by atomic mass is 16.5. The minimum absolute atomic E-state index is 0.0494. The van der Waals surface area contributed by atoms with Crippen LogP contribution in [-0.4, -0.2) is 36.7 Å². The predicted octanol–water partition coefficient (Wildman–Crippen LogP) is 1.72. The van der Waals surface area contributed by atoms with Crippen molar-refractivity contribution in [2.75, 3.05) is 14.2 Å². The lowest BCUT2D eigenvalue weighted by Crippen LogP contribution is -2.26. The van der Waals surface area contributed by atoms with E-state index in [2.05, 4.69) is 0 Å². The van der Waals surface area contributed by atoms with Crippen molar-refractivity contribution in [3.8, 4) is 11.5 Å². The maximum atomic E-state index is 12.3. The minimum Gasteiger partial charge on any atom is -0.507 e. The van der Waals surface area contributed by atoms with Crippen LogP contribution in [0.1, 0.15) is 29.3 Å². The molecule has 2 rings (SSSR count). The van der Waals surface area contributed by atoms with E-state index in [4.69, 9.17) is 9.47 Å². The van der Waals surface area contributed by atoms with E-state index in [9.17, 15) is 19.5 Å². The fourth-order valence-electron chi connectivity index (χ4n) is 2.29. The molecule has 1 aromatic carbocycles. The maximum Gasteiger partial charge on any atom is 0.237 e. The van der Waals surface area contributed by atoms with Gasteiger partial charge in [-0.1, -0.05) is 0 Å². The van der Waals surface area contributed by atoms with Gasteiger partial charge in [-0.3, -0.25) is 14.4 Å². The number of methoxy groups -OCH3 is 2. The lowest BCUT2D eigenvalue weighted by Gasteiger charge is -2.21. The maximum absolute atomic E-state index is 12.3. The Morgan fingerprint density at radius 1 is 1.05 bits per heavy atom. The number of rotatable bonds is 4. The monoisotopic (exact) mass is 290 g/mol. The summed E-state index contributed by atoms with van der Waals surface area (Å²) in [6.45, 7) is 1.27. The highest BCUT2D eigenvalue weighted by Gasteiger charge is 2.37. The fraction of sp³-hybridized carbons (Fsp3) is 0.267. The highest BCUT2D eigenvalue weighted by Crippen LogP contribution is 2.40.